The van der Waals surface area contributed by atoms with Crippen molar-refractivity contribution in [1.82, 2.24) is 4.90 Å². The van der Waals surface area contributed by atoms with Gasteiger partial charge in [-0.1, -0.05) is 19.1 Å². The Labute approximate surface area is 149 Å². The van der Waals surface area contributed by atoms with Gasteiger partial charge in [0.15, 0.2) is 0 Å². The van der Waals surface area contributed by atoms with Crippen LogP contribution in [0.5, 0.6) is 0 Å². The smallest absolute Gasteiger partial charge is 0.234 e. The van der Waals surface area contributed by atoms with Gasteiger partial charge in [-0.15, -0.1) is 0 Å². The molecule has 0 unspecified atom stereocenters. The Kier molecular flexibility index (Phi) is 4.67. The maximum absolute atomic E-state index is 12.8. The predicted octanol–water partition coefficient (Wildman–Crippen LogP) is 3.04. The number of benzene rings is 1. The van der Waals surface area contributed by atoms with Gasteiger partial charge in [-0.05, 0) is 56.2 Å². The molecule has 25 heavy (non-hydrogen) atoms. The van der Waals surface area contributed by atoms with E-state index in [1.165, 1.54) is 11.8 Å². The molecule has 1 aromatic rings. The molecule has 1 aliphatic carbocycles. The Hall–Kier alpha value is -2.17. The molecule has 2 fully saturated rings. The number of likely N-dealkylation sites (tertiary alicyclic amines) is 1. The maximum atomic E-state index is 12.8. The Bertz CT molecular complexity index is 728. The third-order valence-electron chi connectivity index (χ3n) is 5.60. The second kappa shape index (κ2) is 6.62. The van der Waals surface area contributed by atoms with Gasteiger partial charge < -0.3 is 0 Å². The lowest BCUT2D eigenvalue weighted by atomic mass is 9.76. The molecule has 1 heterocycles. The molecular formula is C20H26N2O3. The third kappa shape index (κ3) is 3.20. The van der Waals surface area contributed by atoms with E-state index in [4.69, 9.17) is 0 Å². The summed E-state index contributed by atoms with van der Waals surface area (Å²) in [6.45, 7) is 7.51. The van der Waals surface area contributed by atoms with E-state index in [1.54, 1.807) is 4.90 Å². The molecule has 0 spiro atoms. The summed E-state index contributed by atoms with van der Waals surface area (Å²) < 4.78 is 0. The van der Waals surface area contributed by atoms with Crippen LogP contribution < -0.4 is 4.90 Å². The topological polar surface area (TPSA) is 57.7 Å². The molecule has 3 rings (SSSR count). The molecule has 3 atom stereocenters. The van der Waals surface area contributed by atoms with Crippen LogP contribution in [0.15, 0.2) is 18.2 Å². The summed E-state index contributed by atoms with van der Waals surface area (Å²) in [6.07, 6.45) is 2.53. The minimum absolute atomic E-state index is 0.0126. The number of hydrogen-bond donors (Lipinski definition) is 0. The lowest BCUT2D eigenvalue weighted by Gasteiger charge is -2.28. The summed E-state index contributed by atoms with van der Waals surface area (Å²) in [4.78, 5) is 40.7. The van der Waals surface area contributed by atoms with Gasteiger partial charge in [-0.3, -0.25) is 24.2 Å². The highest BCUT2D eigenvalue weighted by atomic mass is 16.2. The van der Waals surface area contributed by atoms with E-state index in [0.29, 0.717) is 5.92 Å². The third-order valence-corrected chi connectivity index (χ3v) is 5.60. The van der Waals surface area contributed by atoms with Crippen LogP contribution in [0.2, 0.25) is 0 Å². The van der Waals surface area contributed by atoms with Crippen molar-refractivity contribution in [2.24, 2.45) is 17.8 Å². The fourth-order valence-electron chi connectivity index (χ4n) is 4.09. The number of fused-ring (bicyclic) bond motifs is 1. The van der Waals surface area contributed by atoms with Crippen molar-refractivity contribution < 1.29 is 14.4 Å². The number of nitrogens with zero attached hydrogens (tertiary/aromatic N) is 2. The Morgan fingerprint density at radius 2 is 1.84 bits per heavy atom. The van der Waals surface area contributed by atoms with E-state index in [2.05, 4.69) is 6.92 Å². The number of carbonyl (C=O) groups is 3. The van der Waals surface area contributed by atoms with Gasteiger partial charge in [0, 0.05) is 12.6 Å². The lowest BCUT2D eigenvalue weighted by Crippen LogP contribution is -2.44. The van der Waals surface area contributed by atoms with E-state index in [9.17, 15) is 14.4 Å². The van der Waals surface area contributed by atoms with Crippen LogP contribution in [0.4, 0.5) is 5.69 Å². The predicted molar refractivity (Wildman–Crippen MR) is 95.8 cm³/mol. The van der Waals surface area contributed by atoms with E-state index in [-0.39, 0.29) is 36.2 Å². The quantitative estimate of drug-likeness (QED) is 0.793. The van der Waals surface area contributed by atoms with Gasteiger partial charge in [-0.2, -0.15) is 0 Å². The molecule has 1 saturated heterocycles. The summed E-state index contributed by atoms with van der Waals surface area (Å²) in [7, 11) is 0. The van der Waals surface area contributed by atoms with Crippen molar-refractivity contribution >= 4 is 23.4 Å². The highest BCUT2D eigenvalue weighted by molar-refractivity contribution is 6.06. The molecule has 0 N–H and O–H groups in total. The van der Waals surface area contributed by atoms with Gasteiger partial charge in [0.1, 0.15) is 6.67 Å². The monoisotopic (exact) mass is 342 g/mol. The second-order valence-electron chi connectivity index (χ2n) is 7.61. The summed E-state index contributed by atoms with van der Waals surface area (Å²) in [5.74, 6) is -0.324. The molecule has 134 valence electrons. The molecule has 2 aliphatic rings. The first-order valence-electron chi connectivity index (χ1n) is 9.00. The standard InChI is InChI=1S/C20H26N2O3/c1-12-6-8-16-17(9-12)20(25)22(19(16)24)11-21(15(4)23)18-10-13(2)5-7-14(18)3/h5,7,10,12,16-17H,6,8-9,11H2,1-4H3/t12-,16+,17+/m0/s1. The molecule has 0 radical (unpaired) electrons. The number of carbonyl (C=O) groups excluding carboxylic acids is 3. The van der Waals surface area contributed by atoms with E-state index in [1.807, 2.05) is 32.0 Å². The van der Waals surface area contributed by atoms with Crippen molar-refractivity contribution in [3.63, 3.8) is 0 Å². The van der Waals surface area contributed by atoms with Crippen LogP contribution in [-0.4, -0.2) is 29.3 Å². The zero-order chi connectivity index (χ0) is 18.3. The molecule has 3 amide bonds. The fraction of sp³-hybridized carbons (Fsp3) is 0.550. The Balaban J connectivity index is 1.88. The van der Waals surface area contributed by atoms with E-state index < -0.39 is 0 Å². The Morgan fingerprint density at radius 3 is 2.52 bits per heavy atom. The van der Waals surface area contributed by atoms with Crippen LogP contribution in [0.25, 0.3) is 0 Å². The summed E-state index contributed by atoms with van der Waals surface area (Å²) >= 11 is 0. The van der Waals surface area contributed by atoms with Gasteiger partial charge in [0.05, 0.1) is 11.8 Å². The minimum Gasteiger partial charge on any atom is -0.294 e. The summed E-state index contributed by atoms with van der Waals surface area (Å²) in [5.41, 5.74) is 2.75. The average Bonchev–Trinajstić information content (AvgIpc) is 2.78. The van der Waals surface area contributed by atoms with Crippen molar-refractivity contribution in [2.45, 2.75) is 47.0 Å². The first-order chi connectivity index (χ1) is 11.8. The number of hydrogen-bond acceptors (Lipinski definition) is 3. The highest BCUT2D eigenvalue weighted by Crippen LogP contribution is 2.40. The summed E-state index contributed by atoms with van der Waals surface area (Å²) in [6, 6.07) is 5.87. The fourth-order valence-corrected chi connectivity index (χ4v) is 4.09. The minimum atomic E-state index is -0.205. The van der Waals surface area contributed by atoms with Crippen LogP contribution in [-0.2, 0) is 14.4 Å². The normalized spacial score (nSPS) is 25.9. The van der Waals surface area contributed by atoms with Crippen LogP contribution >= 0.6 is 0 Å². The number of imide groups is 1. The number of rotatable bonds is 3. The van der Waals surface area contributed by atoms with Crippen molar-refractivity contribution in [3.05, 3.63) is 29.3 Å². The first kappa shape index (κ1) is 17.6. The molecule has 1 aromatic carbocycles. The largest absolute Gasteiger partial charge is 0.294 e. The van der Waals surface area contributed by atoms with Crippen LogP contribution in [0.1, 0.15) is 44.2 Å². The number of anilines is 1. The maximum Gasteiger partial charge on any atom is 0.234 e. The van der Waals surface area contributed by atoms with Gasteiger partial charge >= 0.3 is 0 Å². The van der Waals surface area contributed by atoms with Crippen molar-refractivity contribution in [3.8, 4) is 0 Å². The second-order valence-corrected chi connectivity index (χ2v) is 7.61. The van der Waals surface area contributed by atoms with Crippen LogP contribution in [0.3, 0.4) is 0 Å². The highest BCUT2D eigenvalue weighted by Gasteiger charge is 2.49. The Morgan fingerprint density at radius 1 is 1.16 bits per heavy atom. The molecule has 0 aromatic heterocycles. The van der Waals surface area contributed by atoms with Gasteiger partial charge in [-0.25, -0.2) is 0 Å². The van der Waals surface area contributed by atoms with Gasteiger partial charge in [0.25, 0.3) is 0 Å². The first-order valence-corrected chi connectivity index (χ1v) is 9.00. The molecule has 1 saturated carbocycles. The zero-order valence-corrected chi connectivity index (χ0v) is 15.4. The van der Waals surface area contributed by atoms with Crippen molar-refractivity contribution in [1.29, 1.82) is 0 Å². The van der Waals surface area contributed by atoms with Crippen molar-refractivity contribution in [2.75, 3.05) is 11.6 Å². The lowest BCUT2D eigenvalue weighted by molar-refractivity contribution is -0.140. The number of amides is 3. The molecular weight excluding hydrogens is 316 g/mol. The molecule has 5 heteroatoms. The molecule has 1 aliphatic heterocycles. The van der Waals surface area contributed by atoms with Crippen LogP contribution in [0, 0.1) is 31.6 Å². The van der Waals surface area contributed by atoms with E-state index >= 15 is 0 Å². The zero-order valence-electron chi connectivity index (χ0n) is 15.4. The van der Waals surface area contributed by atoms with Gasteiger partial charge in [0.2, 0.25) is 17.7 Å². The SMILES string of the molecule is CC(=O)N(CN1C(=O)[C@@H]2CC[C@H](C)C[C@H]2C1=O)c1cc(C)ccc1C. The number of aryl methyl sites for hydroxylation is 2. The molecule has 5 nitrogen and oxygen atoms in total. The van der Waals surface area contributed by atoms with E-state index in [0.717, 1.165) is 36.1 Å². The summed E-state index contributed by atoms with van der Waals surface area (Å²) in [5, 5.41) is 0. The molecule has 0 bridgehead atoms. The average molecular weight is 342 g/mol.